The van der Waals surface area contributed by atoms with Gasteiger partial charge in [-0.05, 0) is 78.3 Å². The Bertz CT molecular complexity index is 1290. The minimum atomic E-state index is -1.01. The van der Waals surface area contributed by atoms with Crippen LogP contribution in [0.2, 0.25) is 10.0 Å². The molecule has 2 aromatic rings. The smallest absolute Gasteiger partial charge is 0.233 e. The summed E-state index contributed by atoms with van der Waals surface area (Å²) in [7, 11) is 0. The zero-order valence-corrected chi connectivity index (χ0v) is 19.6. The van der Waals surface area contributed by atoms with Gasteiger partial charge in [0.05, 0.1) is 21.7 Å². The lowest BCUT2D eigenvalue weighted by Gasteiger charge is -2.40. The molecule has 0 spiro atoms. The highest BCUT2D eigenvalue weighted by Gasteiger charge is 2.67. The fourth-order valence-corrected chi connectivity index (χ4v) is 7.36. The normalized spacial score (nSPS) is 38.6. The average Bonchev–Trinajstić information content (AvgIpc) is 3.74. The fraction of sp³-hybridized carbons (Fsp3) is 0.407. The van der Waals surface area contributed by atoms with Crippen LogP contribution in [0, 0.1) is 47.2 Å². The molecule has 1 saturated heterocycles. The van der Waals surface area contributed by atoms with E-state index in [0.717, 1.165) is 12.0 Å². The van der Waals surface area contributed by atoms with Crippen LogP contribution in [0.25, 0.3) is 0 Å². The first-order valence-electron chi connectivity index (χ1n) is 11.8. The average molecular weight is 498 g/mol. The maximum atomic E-state index is 15.3. The van der Waals surface area contributed by atoms with Gasteiger partial charge in [-0.2, -0.15) is 0 Å². The van der Waals surface area contributed by atoms with E-state index in [2.05, 4.69) is 12.2 Å². The SMILES string of the molecule is O=C(c1ccc(Cl)c(Cl)c1)C1CC1c1ccc(N2C(=O)C3C4C=CC(C5CC45)C3[C@@H]2O)c(F)c1. The molecule has 174 valence electrons. The molecule has 6 aliphatic rings. The summed E-state index contributed by atoms with van der Waals surface area (Å²) in [6, 6.07) is 9.59. The molecule has 3 saturated carbocycles. The number of anilines is 1. The number of halogens is 3. The van der Waals surface area contributed by atoms with Crippen molar-refractivity contribution in [1.29, 1.82) is 0 Å². The van der Waals surface area contributed by atoms with E-state index in [9.17, 15) is 14.7 Å². The predicted molar refractivity (Wildman–Crippen MR) is 126 cm³/mol. The molecule has 1 N–H and O–H groups in total. The van der Waals surface area contributed by atoms with Crippen molar-refractivity contribution < 1.29 is 19.1 Å². The van der Waals surface area contributed by atoms with Crippen molar-refractivity contribution in [2.75, 3.05) is 4.90 Å². The first kappa shape index (κ1) is 21.1. The van der Waals surface area contributed by atoms with Crippen molar-refractivity contribution in [3.8, 4) is 0 Å². The lowest BCUT2D eigenvalue weighted by Crippen LogP contribution is -2.41. The summed E-state index contributed by atoms with van der Waals surface area (Å²) < 4.78 is 15.3. The lowest BCUT2D eigenvalue weighted by molar-refractivity contribution is -0.123. The van der Waals surface area contributed by atoms with Crippen molar-refractivity contribution in [2.45, 2.75) is 25.0 Å². The molecule has 8 unspecified atom stereocenters. The third-order valence-corrected chi connectivity index (χ3v) is 9.57. The molecule has 5 aliphatic carbocycles. The van der Waals surface area contributed by atoms with Gasteiger partial charge >= 0.3 is 0 Å². The van der Waals surface area contributed by atoms with Gasteiger partial charge in [0.2, 0.25) is 5.91 Å². The Kier molecular flexibility index (Phi) is 4.44. The fourth-order valence-electron chi connectivity index (χ4n) is 7.06. The molecule has 7 heteroatoms. The number of hydrogen-bond donors (Lipinski definition) is 1. The van der Waals surface area contributed by atoms with Gasteiger partial charge in [-0.3, -0.25) is 14.5 Å². The zero-order chi connectivity index (χ0) is 23.5. The molecule has 0 radical (unpaired) electrons. The maximum absolute atomic E-state index is 15.3. The van der Waals surface area contributed by atoms with E-state index in [1.807, 2.05) is 0 Å². The van der Waals surface area contributed by atoms with Crippen molar-refractivity contribution >= 4 is 40.6 Å². The predicted octanol–water partition coefficient (Wildman–Crippen LogP) is 5.47. The molecular formula is C27H22Cl2FNO3. The quantitative estimate of drug-likeness (QED) is 0.450. The number of benzene rings is 2. The second kappa shape index (κ2) is 7.16. The highest BCUT2D eigenvalue weighted by atomic mass is 35.5. The number of rotatable bonds is 4. The molecule has 4 fully saturated rings. The Morgan fingerprint density at radius 2 is 1.76 bits per heavy atom. The van der Waals surface area contributed by atoms with Crippen LogP contribution in [0.3, 0.4) is 0 Å². The van der Waals surface area contributed by atoms with Crippen molar-refractivity contribution in [3.05, 3.63) is 75.5 Å². The van der Waals surface area contributed by atoms with Gasteiger partial charge in [0, 0.05) is 17.4 Å². The van der Waals surface area contributed by atoms with E-state index < -0.39 is 12.0 Å². The highest BCUT2D eigenvalue weighted by Crippen LogP contribution is 2.66. The summed E-state index contributed by atoms with van der Waals surface area (Å²) in [4.78, 5) is 27.5. The summed E-state index contributed by atoms with van der Waals surface area (Å²) in [6.07, 6.45) is 5.05. The number of ketones is 1. The Morgan fingerprint density at radius 1 is 1.00 bits per heavy atom. The number of nitrogens with zero attached hydrogens (tertiary/aromatic N) is 1. The Labute approximate surface area is 206 Å². The number of Topliss-reactive ketones (excluding diaryl/α,β-unsaturated/α-hetero) is 1. The van der Waals surface area contributed by atoms with Crippen LogP contribution in [0.1, 0.15) is 34.7 Å². The maximum Gasteiger partial charge on any atom is 0.233 e. The number of aliphatic hydroxyl groups excluding tert-OH is 1. The third-order valence-electron chi connectivity index (χ3n) is 8.83. The van der Waals surface area contributed by atoms with E-state index in [4.69, 9.17) is 23.2 Å². The standard InChI is InChI=1S/C27H22Cl2FNO3/c28-19-5-1-12(7-20(19)29)25(32)18-9-15(18)11-2-6-22(21(30)8-11)31-26(33)23-13-3-4-14(17-10-16(13)17)24(23)27(31)34/h1-8,13-18,23-24,26,33H,9-10H2/t13?,14?,15?,16?,17?,18?,23?,24?,26-/m0/s1. The molecule has 1 aliphatic heterocycles. The Hall–Kier alpha value is -2.21. The number of allylic oxidation sites excluding steroid dienone is 2. The number of carbonyl (C=O) groups is 2. The number of carbonyl (C=O) groups excluding carboxylic acids is 2. The Balaban J connectivity index is 1.12. The van der Waals surface area contributed by atoms with Crippen LogP contribution in [-0.2, 0) is 4.79 Å². The minimum absolute atomic E-state index is 0.0381. The molecule has 1 amide bonds. The minimum Gasteiger partial charge on any atom is -0.373 e. The van der Waals surface area contributed by atoms with Crippen LogP contribution in [0.5, 0.6) is 0 Å². The number of aliphatic hydroxyl groups is 1. The first-order chi connectivity index (χ1) is 16.3. The van der Waals surface area contributed by atoms with Crippen molar-refractivity contribution in [2.24, 2.45) is 41.4 Å². The summed E-state index contributed by atoms with van der Waals surface area (Å²) in [6.45, 7) is 0. The van der Waals surface area contributed by atoms with Crippen LogP contribution >= 0.6 is 23.2 Å². The van der Waals surface area contributed by atoms with E-state index in [1.54, 1.807) is 30.3 Å². The summed E-state index contributed by atoms with van der Waals surface area (Å²) in [5.41, 5.74) is 1.34. The van der Waals surface area contributed by atoms with Crippen LogP contribution in [0.15, 0.2) is 48.6 Å². The number of hydrogen-bond acceptors (Lipinski definition) is 3. The zero-order valence-electron chi connectivity index (χ0n) is 18.1. The monoisotopic (exact) mass is 497 g/mol. The van der Waals surface area contributed by atoms with Gasteiger partial charge in [0.1, 0.15) is 12.0 Å². The van der Waals surface area contributed by atoms with Gasteiger partial charge in [-0.15, -0.1) is 0 Å². The molecule has 8 rings (SSSR count). The van der Waals surface area contributed by atoms with Crippen molar-refractivity contribution in [3.63, 3.8) is 0 Å². The number of amides is 1. The van der Waals surface area contributed by atoms with E-state index in [-0.39, 0.29) is 52.9 Å². The molecule has 34 heavy (non-hydrogen) atoms. The van der Waals surface area contributed by atoms with Gasteiger partial charge in [-0.1, -0.05) is 41.4 Å². The summed E-state index contributed by atoms with van der Waals surface area (Å²) >= 11 is 12.0. The van der Waals surface area contributed by atoms with Gasteiger partial charge < -0.3 is 5.11 Å². The molecule has 1 heterocycles. The molecular weight excluding hydrogens is 476 g/mol. The van der Waals surface area contributed by atoms with Gasteiger partial charge in [-0.25, -0.2) is 4.39 Å². The molecule has 0 aromatic heterocycles. The molecule has 2 bridgehead atoms. The highest BCUT2D eigenvalue weighted by molar-refractivity contribution is 6.42. The van der Waals surface area contributed by atoms with Crippen molar-refractivity contribution in [1.82, 2.24) is 0 Å². The second-order valence-electron chi connectivity index (χ2n) is 10.5. The third kappa shape index (κ3) is 2.87. The first-order valence-corrected chi connectivity index (χ1v) is 12.6. The van der Waals surface area contributed by atoms with E-state index in [1.165, 1.54) is 11.0 Å². The van der Waals surface area contributed by atoms with Crippen LogP contribution in [-0.4, -0.2) is 23.0 Å². The largest absolute Gasteiger partial charge is 0.373 e. The summed E-state index contributed by atoms with van der Waals surface area (Å²) in [5, 5.41) is 11.8. The van der Waals surface area contributed by atoms with Gasteiger partial charge in [0.15, 0.2) is 5.78 Å². The van der Waals surface area contributed by atoms with E-state index in [0.29, 0.717) is 33.9 Å². The summed E-state index contributed by atoms with van der Waals surface area (Å²) in [5.74, 6) is -0.0350. The Morgan fingerprint density at radius 3 is 2.53 bits per heavy atom. The van der Waals surface area contributed by atoms with Crippen LogP contribution < -0.4 is 4.90 Å². The molecule has 4 nitrogen and oxygen atoms in total. The molecule has 9 atom stereocenters. The lowest BCUT2D eigenvalue weighted by atomic mass is 9.63. The van der Waals surface area contributed by atoms with E-state index >= 15 is 4.39 Å². The topological polar surface area (TPSA) is 57.6 Å². The van der Waals surface area contributed by atoms with Gasteiger partial charge in [0.25, 0.3) is 0 Å². The second-order valence-corrected chi connectivity index (χ2v) is 11.3. The molecule has 2 aromatic carbocycles. The van der Waals surface area contributed by atoms with Crippen LogP contribution in [0.4, 0.5) is 10.1 Å².